The molecule has 0 spiro atoms. The molecule has 1 aliphatic carbocycles. The van der Waals surface area contributed by atoms with Gasteiger partial charge in [0, 0.05) is 11.6 Å². The van der Waals surface area contributed by atoms with Gasteiger partial charge in [-0.05, 0) is 60.9 Å². The third kappa shape index (κ3) is 3.88. The minimum absolute atomic E-state index is 0.0216. The standard InChI is InChI=1S/C20H21ClN2O3/c1-2-18(15-8-7-13-5-3-4-6-14(13)11-15)22-20(24)16-9-10-17(21)19(12-16)23(25)26/h7-12,18H,2-6H2,1H3,(H,22,24)/t18-/m0/s1. The second-order valence-corrected chi connectivity index (χ2v) is 7.00. The Morgan fingerprint density at radius 2 is 1.92 bits per heavy atom. The van der Waals surface area contributed by atoms with Crippen LogP contribution in [-0.4, -0.2) is 10.8 Å². The third-order valence-electron chi connectivity index (χ3n) is 4.89. The molecule has 1 atom stereocenters. The highest BCUT2D eigenvalue weighted by Gasteiger charge is 2.20. The Hall–Kier alpha value is -2.40. The maximum absolute atomic E-state index is 12.6. The van der Waals surface area contributed by atoms with Crippen molar-refractivity contribution in [3.63, 3.8) is 0 Å². The number of rotatable bonds is 5. The fraction of sp³-hybridized carbons (Fsp3) is 0.350. The largest absolute Gasteiger partial charge is 0.345 e. The number of aryl methyl sites for hydroxylation is 2. The summed E-state index contributed by atoms with van der Waals surface area (Å²) >= 11 is 5.82. The van der Waals surface area contributed by atoms with Crippen LogP contribution in [0.25, 0.3) is 0 Å². The molecule has 1 N–H and O–H groups in total. The van der Waals surface area contributed by atoms with E-state index in [2.05, 4.69) is 23.5 Å². The maximum atomic E-state index is 12.6. The highest BCUT2D eigenvalue weighted by Crippen LogP contribution is 2.28. The van der Waals surface area contributed by atoms with Gasteiger partial charge < -0.3 is 5.32 Å². The van der Waals surface area contributed by atoms with Crippen molar-refractivity contribution in [2.24, 2.45) is 0 Å². The van der Waals surface area contributed by atoms with Gasteiger partial charge in [-0.2, -0.15) is 0 Å². The summed E-state index contributed by atoms with van der Waals surface area (Å²) < 4.78 is 0. The number of nitro groups is 1. The van der Waals surface area contributed by atoms with Gasteiger partial charge in [0.25, 0.3) is 11.6 Å². The van der Waals surface area contributed by atoms with E-state index < -0.39 is 4.92 Å². The molecule has 3 rings (SSSR count). The van der Waals surface area contributed by atoms with Crippen molar-refractivity contribution in [2.75, 3.05) is 0 Å². The number of nitrogens with zero attached hydrogens (tertiary/aromatic N) is 1. The van der Waals surface area contributed by atoms with Crippen LogP contribution in [0.15, 0.2) is 36.4 Å². The van der Waals surface area contributed by atoms with Gasteiger partial charge >= 0.3 is 0 Å². The molecule has 0 unspecified atom stereocenters. The molecule has 0 saturated heterocycles. The Labute approximate surface area is 157 Å². The summed E-state index contributed by atoms with van der Waals surface area (Å²) in [4.78, 5) is 23.0. The van der Waals surface area contributed by atoms with Crippen molar-refractivity contribution in [1.29, 1.82) is 0 Å². The molecule has 0 bridgehead atoms. The third-order valence-corrected chi connectivity index (χ3v) is 5.21. The fourth-order valence-electron chi connectivity index (χ4n) is 3.43. The second-order valence-electron chi connectivity index (χ2n) is 6.59. The number of carbonyl (C=O) groups is 1. The molecule has 136 valence electrons. The van der Waals surface area contributed by atoms with Gasteiger partial charge in [0.05, 0.1) is 11.0 Å². The summed E-state index contributed by atoms with van der Waals surface area (Å²) in [6, 6.07) is 10.4. The second kappa shape index (κ2) is 7.87. The lowest BCUT2D eigenvalue weighted by Gasteiger charge is -2.21. The van der Waals surface area contributed by atoms with Crippen molar-refractivity contribution in [3.05, 3.63) is 73.8 Å². The molecule has 0 saturated carbocycles. The van der Waals surface area contributed by atoms with Crippen LogP contribution in [0.2, 0.25) is 5.02 Å². The highest BCUT2D eigenvalue weighted by molar-refractivity contribution is 6.32. The zero-order valence-corrected chi connectivity index (χ0v) is 15.4. The number of hydrogen-bond donors (Lipinski definition) is 1. The van der Waals surface area contributed by atoms with E-state index in [1.54, 1.807) is 0 Å². The van der Waals surface area contributed by atoms with Crippen molar-refractivity contribution in [1.82, 2.24) is 5.32 Å². The summed E-state index contributed by atoms with van der Waals surface area (Å²) in [7, 11) is 0. The number of fused-ring (bicyclic) bond motifs is 1. The van der Waals surface area contributed by atoms with E-state index in [9.17, 15) is 14.9 Å². The molecule has 5 nitrogen and oxygen atoms in total. The van der Waals surface area contributed by atoms with Gasteiger partial charge in [-0.25, -0.2) is 0 Å². The summed E-state index contributed by atoms with van der Waals surface area (Å²) in [5.74, 6) is -0.339. The molecule has 0 radical (unpaired) electrons. The zero-order chi connectivity index (χ0) is 18.7. The molecule has 0 aromatic heterocycles. The van der Waals surface area contributed by atoms with E-state index in [-0.39, 0.29) is 28.2 Å². The average Bonchev–Trinajstić information content (AvgIpc) is 2.65. The van der Waals surface area contributed by atoms with Gasteiger partial charge in [-0.1, -0.05) is 36.7 Å². The molecule has 2 aromatic rings. The summed E-state index contributed by atoms with van der Waals surface area (Å²) in [5.41, 5.74) is 3.81. The predicted octanol–water partition coefficient (Wildman–Crippen LogP) is 5.01. The molecular weight excluding hydrogens is 352 g/mol. The first kappa shape index (κ1) is 18.4. The van der Waals surface area contributed by atoms with Crippen molar-refractivity contribution in [3.8, 4) is 0 Å². The number of hydrogen-bond acceptors (Lipinski definition) is 3. The van der Waals surface area contributed by atoms with Crippen molar-refractivity contribution < 1.29 is 9.72 Å². The van der Waals surface area contributed by atoms with E-state index in [0.717, 1.165) is 24.8 Å². The number of halogens is 1. The Morgan fingerprint density at radius 3 is 2.62 bits per heavy atom. The average molecular weight is 373 g/mol. The van der Waals surface area contributed by atoms with Crippen molar-refractivity contribution in [2.45, 2.75) is 45.1 Å². The molecular formula is C20H21ClN2O3. The molecule has 1 amide bonds. The van der Waals surface area contributed by atoms with Gasteiger partial charge in [-0.3, -0.25) is 14.9 Å². The molecule has 26 heavy (non-hydrogen) atoms. The van der Waals surface area contributed by atoms with Gasteiger partial charge in [-0.15, -0.1) is 0 Å². The first-order chi connectivity index (χ1) is 12.5. The van der Waals surface area contributed by atoms with Crippen LogP contribution in [-0.2, 0) is 12.8 Å². The monoisotopic (exact) mass is 372 g/mol. The fourth-order valence-corrected chi connectivity index (χ4v) is 3.61. The Balaban J connectivity index is 1.81. The quantitative estimate of drug-likeness (QED) is 0.592. The smallest absolute Gasteiger partial charge is 0.288 e. The molecule has 2 aromatic carbocycles. The first-order valence-electron chi connectivity index (χ1n) is 8.86. The van der Waals surface area contributed by atoms with E-state index in [0.29, 0.717) is 0 Å². The Morgan fingerprint density at radius 1 is 1.19 bits per heavy atom. The Kier molecular flexibility index (Phi) is 5.57. The van der Waals surface area contributed by atoms with Crippen LogP contribution >= 0.6 is 11.6 Å². The molecule has 0 heterocycles. The van der Waals surface area contributed by atoms with E-state index in [4.69, 9.17) is 11.6 Å². The van der Waals surface area contributed by atoms with Crippen LogP contribution in [0.5, 0.6) is 0 Å². The number of nitro benzene ring substituents is 1. The van der Waals surface area contributed by atoms with E-state index in [1.165, 1.54) is 42.2 Å². The molecule has 0 fully saturated rings. The van der Waals surface area contributed by atoms with Crippen molar-refractivity contribution >= 4 is 23.2 Å². The lowest BCUT2D eigenvalue weighted by atomic mass is 9.88. The number of benzene rings is 2. The molecule has 1 aliphatic rings. The maximum Gasteiger partial charge on any atom is 0.288 e. The van der Waals surface area contributed by atoms with E-state index in [1.807, 2.05) is 6.92 Å². The molecule has 0 aliphatic heterocycles. The summed E-state index contributed by atoms with van der Waals surface area (Å²) in [6.07, 6.45) is 5.37. The normalized spacial score (nSPS) is 14.4. The predicted molar refractivity (Wildman–Crippen MR) is 102 cm³/mol. The van der Waals surface area contributed by atoms with E-state index >= 15 is 0 Å². The van der Waals surface area contributed by atoms with Gasteiger partial charge in [0.2, 0.25) is 0 Å². The topological polar surface area (TPSA) is 72.2 Å². The summed E-state index contributed by atoms with van der Waals surface area (Å²) in [5, 5.41) is 14.0. The summed E-state index contributed by atoms with van der Waals surface area (Å²) in [6.45, 7) is 2.01. The van der Waals surface area contributed by atoms with Crippen LogP contribution < -0.4 is 5.32 Å². The van der Waals surface area contributed by atoms with Gasteiger partial charge in [0.1, 0.15) is 5.02 Å². The Bertz CT molecular complexity index is 851. The van der Waals surface area contributed by atoms with Crippen LogP contribution in [0, 0.1) is 10.1 Å². The zero-order valence-electron chi connectivity index (χ0n) is 14.6. The molecule has 6 heteroatoms. The minimum atomic E-state index is -0.583. The number of amides is 1. The van der Waals surface area contributed by atoms with Crippen LogP contribution in [0.3, 0.4) is 0 Å². The minimum Gasteiger partial charge on any atom is -0.345 e. The lowest BCUT2D eigenvalue weighted by molar-refractivity contribution is -0.384. The van der Waals surface area contributed by atoms with Gasteiger partial charge in [0.15, 0.2) is 0 Å². The van der Waals surface area contributed by atoms with Crippen LogP contribution in [0.4, 0.5) is 5.69 Å². The number of nitrogens with one attached hydrogen (secondary N) is 1. The lowest BCUT2D eigenvalue weighted by Crippen LogP contribution is -2.28. The SMILES string of the molecule is CC[C@H](NC(=O)c1ccc(Cl)c([N+](=O)[O-])c1)c1ccc2c(c1)CCCC2. The first-order valence-corrected chi connectivity index (χ1v) is 9.24. The van der Waals surface area contributed by atoms with Crippen LogP contribution in [0.1, 0.15) is 59.3 Å². The number of carbonyl (C=O) groups excluding carboxylic acids is 1. The highest BCUT2D eigenvalue weighted by atomic mass is 35.5.